The number of sulfonamides is 1. The fourth-order valence-corrected chi connectivity index (χ4v) is 3.93. The molecule has 1 aliphatic rings. The van der Waals surface area contributed by atoms with Gasteiger partial charge in [-0.1, -0.05) is 18.2 Å². The summed E-state index contributed by atoms with van der Waals surface area (Å²) in [7, 11) is -3.80. The molecule has 1 N–H and O–H groups in total. The van der Waals surface area contributed by atoms with Crippen LogP contribution in [0, 0.1) is 5.82 Å². The first-order chi connectivity index (χ1) is 12.0. The van der Waals surface area contributed by atoms with Crippen LogP contribution < -0.4 is 5.32 Å². The largest absolute Gasteiger partial charge is 0.379 e. The fraction of sp³-hybridized carbons (Fsp3) is 0.235. The molecule has 0 saturated carbocycles. The molecule has 2 aromatic rings. The number of nitrogens with zero attached hydrogens (tertiary/aromatic N) is 1. The summed E-state index contributed by atoms with van der Waals surface area (Å²) < 4.78 is 45.8. The maximum Gasteiger partial charge on any atom is 0.258 e. The lowest BCUT2D eigenvalue weighted by Gasteiger charge is -2.26. The Morgan fingerprint density at radius 1 is 1.08 bits per heavy atom. The number of hydrogen-bond acceptors (Lipinski definition) is 4. The van der Waals surface area contributed by atoms with Gasteiger partial charge in [-0.05, 0) is 30.3 Å². The van der Waals surface area contributed by atoms with Gasteiger partial charge in [-0.2, -0.15) is 4.31 Å². The van der Waals surface area contributed by atoms with Crippen molar-refractivity contribution in [3.8, 4) is 0 Å². The van der Waals surface area contributed by atoms with E-state index in [4.69, 9.17) is 4.74 Å². The Bertz CT molecular complexity index is 865. The van der Waals surface area contributed by atoms with Gasteiger partial charge in [0, 0.05) is 18.8 Å². The Labute approximate surface area is 145 Å². The van der Waals surface area contributed by atoms with Crippen molar-refractivity contribution in [1.29, 1.82) is 0 Å². The van der Waals surface area contributed by atoms with Gasteiger partial charge in [0.25, 0.3) is 5.91 Å². The number of para-hydroxylation sites is 1. The van der Waals surface area contributed by atoms with E-state index >= 15 is 0 Å². The van der Waals surface area contributed by atoms with Crippen LogP contribution in [-0.2, 0) is 14.8 Å². The van der Waals surface area contributed by atoms with E-state index < -0.39 is 21.7 Å². The van der Waals surface area contributed by atoms with Crippen molar-refractivity contribution in [2.45, 2.75) is 4.90 Å². The molecule has 0 bridgehead atoms. The summed E-state index contributed by atoms with van der Waals surface area (Å²) >= 11 is 0. The minimum atomic E-state index is -3.80. The molecule has 1 fully saturated rings. The summed E-state index contributed by atoms with van der Waals surface area (Å²) in [5.41, 5.74) is 0.173. The van der Waals surface area contributed by atoms with Crippen molar-refractivity contribution >= 4 is 21.6 Å². The highest BCUT2D eigenvalue weighted by Crippen LogP contribution is 2.21. The Balaban J connectivity index is 1.88. The smallest absolute Gasteiger partial charge is 0.258 e. The molecule has 3 rings (SSSR count). The SMILES string of the molecule is O=C(Nc1ccccc1)c1cc(S(=O)(=O)N2CCOCC2)ccc1F. The van der Waals surface area contributed by atoms with Crippen LogP contribution >= 0.6 is 0 Å². The number of morpholine rings is 1. The zero-order valence-electron chi connectivity index (χ0n) is 13.3. The number of halogens is 1. The number of nitrogens with one attached hydrogen (secondary N) is 1. The molecule has 1 aliphatic heterocycles. The van der Waals surface area contributed by atoms with Crippen LogP contribution in [0.1, 0.15) is 10.4 Å². The van der Waals surface area contributed by atoms with E-state index in [0.717, 1.165) is 12.1 Å². The van der Waals surface area contributed by atoms with Crippen LogP contribution in [0.25, 0.3) is 0 Å². The van der Waals surface area contributed by atoms with Crippen molar-refractivity contribution in [2.24, 2.45) is 0 Å². The van der Waals surface area contributed by atoms with Gasteiger partial charge in [0.1, 0.15) is 5.82 Å². The van der Waals surface area contributed by atoms with E-state index in [9.17, 15) is 17.6 Å². The third-order valence-electron chi connectivity index (χ3n) is 3.82. The molecule has 0 unspecified atom stereocenters. The standard InChI is InChI=1S/C17H17FN2O4S/c18-16-7-6-14(25(22,23)20-8-10-24-11-9-20)12-15(16)17(21)19-13-4-2-1-3-5-13/h1-7,12H,8-11H2,(H,19,21). The molecule has 132 valence electrons. The molecule has 0 aliphatic carbocycles. The van der Waals surface area contributed by atoms with E-state index in [1.54, 1.807) is 30.3 Å². The van der Waals surface area contributed by atoms with Crippen molar-refractivity contribution in [2.75, 3.05) is 31.6 Å². The minimum absolute atomic E-state index is 0.117. The summed E-state index contributed by atoms with van der Waals surface area (Å²) in [5.74, 6) is -1.49. The van der Waals surface area contributed by atoms with Crippen LogP contribution in [0.3, 0.4) is 0 Å². The van der Waals surface area contributed by atoms with Crippen LogP contribution in [-0.4, -0.2) is 44.9 Å². The first-order valence-electron chi connectivity index (χ1n) is 7.72. The molecule has 0 radical (unpaired) electrons. The predicted octanol–water partition coefficient (Wildman–Crippen LogP) is 2.10. The van der Waals surface area contributed by atoms with Crippen molar-refractivity contribution in [3.05, 3.63) is 59.9 Å². The van der Waals surface area contributed by atoms with Crippen molar-refractivity contribution in [1.82, 2.24) is 4.31 Å². The third kappa shape index (κ3) is 3.87. The second-order valence-corrected chi connectivity index (χ2v) is 7.42. The number of hydrogen-bond donors (Lipinski definition) is 1. The van der Waals surface area contributed by atoms with Gasteiger partial charge in [0.2, 0.25) is 10.0 Å². The lowest BCUT2D eigenvalue weighted by molar-refractivity contribution is 0.0730. The van der Waals surface area contributed by atoms with E-state index in [1.807, 2.05) is 0 Å². The molecule has 1 heterocycles. The van der Waals surface area contributed by atoms with Crippen molar-refractivity contribution < 1.29 is 22.3 Å². The van der Waals surface area contributed by atoms with E-state index in [1.165, 1.54) is 10.4 Å². The lowest BCUT2D eigenvalue weighted by atomic mass is 10.2. The molecular weight excluding hydrogens is 347 g/mol. The van der Waals surface area contributed by atoms with Crippen LogP contribution in [0.4, 0.5) is 10.1 Å². The van der Waals surface area contributed by atoms with Crippen LogP contribution in [0.5, 0.6) is 0 Å². The highest BCUT2D eigenvalue weighted by Gasteiger charge is 2.27. The summed E-state index contributed by atoms with van der Waals surface area (Å²) in [5, 5.41) is 2.55. The van der Waals surface area contributed by atoms with E-state index in [0.29, 0.717) is 18.9 Å². The fourth-order valence-electron chi connectivity index (χ4n) is 2.49. The van der Waals surface area contributed by atoms with Crippen molar-refractivity contribution in [3.63, 3.8) is 0 Å². The maximum atomic E-state index is 14.1. The zero-order chi connectivity index (χ0) is 17.9. The zero-order valence-corrected chi connectivity index (χ0v) is 14.1. The highest BCUT2D eigenvalue weighted by molar-refractivity contribution is 7.89. The molecule has 6 nitrogen and oxygen atoms in total. The van der Waals surface area contributed by atoms with E-state index in [-0.39, 0.29) is 23.5 Å². The quantitative estimate of drug-likeness (QED) is 0.901. The Kier molecular flexibility index (Phi) is 5.12. The Morgan fingerprint density at radius 2 is 1.76 bits per heavy atom. The normalized spacial score (nSPS) is 15.7. The molecule has 2 aromatic carbocycles. The van der Waals surface area contributed by atoms with Gasteiger partial charge >= 0.3 is 0 Å². The number of anilines is 1. The Hall–Kier alpha value is -2.29. The molecule has 1 saturated heterocycles. The summed E-state index contributed by atoms with van der Waals surface area (Å²) in [6.45, 7) is 1.07. The topological polar surface area (TPSA) is 75.7 Å². The van der Waals surface area contributed by atoms with Crippen LogP contribution in [0.2, 0.25) is 0 Å². The van der Waals surface area contributed by atoms with Gasteiger partial charge in [-0.25, -0.2) is 12.8 Å². The first-order valence-corrected chi connectivity index (χ1v) is 9.16. The van der Waals surface area contributed by atoms with Crippen LogP contribution in [0.15, 0.2) is 53.4 Å². The second kappa shape index (κ2) is 7.30. The maximum absolute atomic E-state index is 14.1. The van der Waals surface area contributed by atoms with E-state index in [2.05, 4.69) is 5.32 Å². The van der Waals surface area contributed by atoms with Gasteiger partial charge in [-0.3, -0.25) is 4.79 Å². The number of carbonyl (C=O) groups is 1. The molecule has 0 spiro atoms. The Morgan fingerprint density at radius 3 is 2.44 bits per heavy atom. The molecular formula is C17H17FN2O4S. The number of amides is 1. The molecule has 0 aromatic heterocycles. The number of rotatable bonds is 4. The summed E-state index contributed by atoms with van der Waals surface area (Å²) in [4.78, 5) is 12.2. The highest BCUT2D eigenvalue weighted by atomic mass is 32.2. The average Bonchev–Trinajstić information content (AvgIpc) is 2.63. The average molecular weight is 364 g/mol. The summed E-state index contributed by atoms with van der Waals surface area (Å²) in [6.07, 6.45) is 0. The summed E-state index contributed by atoms with van der Waals surface area (Å²) in [6, 6.07) is 11.8. The predicted molar refractivity (Wildman–Crippen MR) is 90.4 cm³/mol. The second-order valence-electron chi connectivity index (χ2n) is 5.48. The number of benzene rings is 2. The first kappa shape index (κ1) is 17.5. The lowest BCUT2D eigenvalue weighted by Crippen LogP contribution is -2.40. The van der Waals surface area contributed by atoms with Gasteiger partial charge < -0.3 is 10.1 Å². The molecule has 25 heavy (non-hydrogen) atoms. The van der Waals surface area contributed by atoms with Gasteiger partial charge in [0.15, 0.2) is 0 Å². The molecule has 8 heteroatoms. The van der Waals surface area contributed by atoms with Gasteiger partial charge in [-0.15, -0.1) is 0 Å². The minimum Gasteiger partial charge on any atom is -0.379 e. The number of ether oxygens (including phenoxy) is 1. The van der Waals surface area contributed by atoms with Gasteiger partial charge in [0.05, 0.1) is 23.7 Å². The monoisotopic (exact) mass is 364 g/mol. The molecule has 0 atom stereocenters. The number of carbonyl (C=O) groups excluding carboxylic acids is 1. The third-order valence-corrected chi connectivity index (χ3v) is 5.72. The molecule has 1 amide bonds.